The lowest BCUT2D eigenvalue weighted by molar-refractivity contribution is 0.128. The topological polar surface area (TPSA) is 25.9 Å². The van der Waals surface area contributed by atoms with E-state index >= 15 is 0 Å². The zero-order chi connectivity index (χ0) is 59.5. The quantitative estimate of drug-likeness (QED) is 0.145. The summed E-state index contributed by atoms with van der Waals surface area (Å²) in [6.07, 6.45) is 31.4. The van der Waals surface area contributed by atoms with Crippen LogP contribution in [0.15, 0.2) is 91.0 Å². The van der Waals surface area contributed by atoms with Crippen molar-refractivity contribution < 1.29 is 4.39 Å². The molecule has 9 heteroatoms. The molecule has 0 aromatic heterocycles. The Balaban J connectivity index is 0.000000136. The molecule has 8 aliphatic rings. The van der Waals surface area contributed by atoms with Gasteiger partial charge in [-0.15, -0.1) is 0 Å². The summed E-state index contributed by atoms with van der Waals surface area (Å²) < 4.78 is 13.8. The average Bonchev–Trinajstić information content (AvgIpc) is 3.70. The SMILES string of the molecule is CC1CCC(N2CCN(c3ccccc3F)CC2)CC1.CCC1CCC(N2CCN(c3cc(C)ccc3C)CC2)CC1.Cc1ccc(C)c(N2CCN(C3CCCCCCC3)CC2)c1.Cc1ccc(C)c(N2CCN(CC3CC=CCC3)CC2)c1. The molecule has 7 fully saturated rings. The van der Waals surface area contributed by atoms with Gasteiger partial charge in [0.25, 0.3) is 0 Å². The first kappa shape index (κ1) is 65.0. The number of benzene rings is 4. The van der Waals surface area contributed by atoms with E-state index in [0.29, 0.717) is 0 Å². The standard InChI is InChI=1S/2C20H32N2.C19H28N2.C17H25FN2/c1-17-10-11-18(2)20(16-17)22-14-12-21(13-15-22)19-8-6-4-3-5-7-9-19;1-4-18-7-9-19(10-8-18)21-11-13-22(14-12-21)20-15-16(2)5-6-17(20)3;1-16-8-9-17(2)19(14-16)21-12-10-20(11-13-21)15-18-6-4-3-5-7-18;1-14-6-8-15(9-7-14)19-10-12-20(13-11-19)17-5-3-2-4-16(17)18/h10-11,16,19H,3-9,12-15H2,1-2H3;5-6,15,18-19H,4,7-14H2,1-3H3;3-4,8-9,14,18H,5-7,10-13,15H2,1-2H3;2-5,14-15H,6-13H2,1H3. The van der Waals surface area contributed by atoms with Gasteiger partial charge in [-0.25, -0.2) is 4.39 Å². The van der Waals surface area contributed by atoms with E-state index in [1.165, 1.54) is 258 Å². The molecule has 4 heterocycles. The van der Waals surface area contributed by atoms with E-state index in [4.69, 9.17) is 0 Å². The van der Waals surface area contributed by atoms with Crippen LogP contribution in [0, 0.1) is 65.1 Å². The van der Waals surface area contributed by atoms with E-state index in [2.05, 4.69) is 161 Å². The lowest BCUT2D eigenvalue weighted by atomic mass is 9.84. The number of aryl methyl sites for hydroxylation is 6. The number of hydrogen-bond acceptors (Lipinski definition) is 8. The second-order valence-corrected chi connectivity index (χ2v) is 27.8. The Bertz CT molecular complexity index is 2600. The van der Waals surface area contributed by atoms with E-state index < -0.39 is 0 Å². The Hall–Kier alpha value is -4.41. The molecule has 0 amide bonds. The summed E-state index contributed by atoms with van der Waals surface area (Å²) in [5, 5.41) is 0. The third-order valence-corrected chi connectivity index (χ3v) is 21.5. The van der Waals surface area contributed by atoms with Crippen LogP contribution in [0.4, 0.5) is 27.1 Å². The maximum Gasteiger partial charge on any atom is 0.146 e. The van der Waals surface area contributed by atoms with Crippen molar-refractivity contribution in [1.29, 1.82) is 0 Å². The summed E-state index contributed by atoms with van der Waals surface area (Å²) in [6, 6.07) is 30.2. The van der Waals surface area contributed by atoms with Crippen LogP contribution in [0.5, 0.6) is 0 Å². The summed E-state index contributed by atoms with van der Waals surface area (Å²) in [6.45, 7) is 37.9. The molecule has 4 aliphatic carbocycles. The molecule has 0 spiro atoms. The minimum Gasteiger partial charge on any atom is -0.369 e. The molecule has 4 aliphatic heterocycles. The van der Waals surface area contributed by atoms with Crippen molar-refractivity contribution in [2.45, 2.75) is 196 Å². The number of piperazine rings is 4. The summed E-state index contributed by atoms with van der Waals surface area (Å²) >= 11 is 0. The van der Waals surface area contributed by atoms with Crippen LogP contribution in [0.2, 0.25) is 0 Å². The zero-order valence-electron chi connectivity index (χ0n) is 55.0. The molecule has 4 aromatic rings. The second kappa shape index (κ2) is 33.3. The third-order valence-electron chi connectivity index (χ3n) is 21.5. The molecule has 4 aromatic carbocycles. The number of para-hydroxylation sites is 1. The lowest BCUT2D eigenvalue weighted by Crippen LogP contribution is -2.51. The third kappa shape index (κ3) is 19.3. The number of anilines is 4. The van der Waals surface area contributed by atoms with Crippen LogP contribution < -0.4 is 19.6 Å². The van der Waals surface area contributed by atoms with E-state index in [1.807, 2.05) is 12.1 Å². The van der Waals surface area contributed by atoms with Crippen LogP contribution in [0.1, 0.15) is 169 Å². The van der Waals surface area contributed by atoms with Crippen LogP contribution in [0.3, 0.4) is 0 Å². The van der Waals surface area contributed by atoms with Gasteiger partial charge in [-0.3, -0.25) is 19.6 Å². The molecule has 8 nitrogen and oxygen atoms in total. The summed E-state index contributed by atoms with van der Waals surface area (Å²) in [4.78, 5) is 20.8. The summed E-state index contributed by atoms with van der Waals surface area (Å²) in [5.74, 6) is 2.72. The van der Waals surface area contributed by atoms with Gasteiger partial charge in [0, 0.05) is 146 Å². The molecular weight excluding hydrogens is 1040 g/mol. The van der Waals surface area contributed by atoms with Gasteiger partial charge >= 0.3 is 0 Å². The van der Waals surface area contributed by atoms with Crippen LogP contribution in [-0.4, -0.2) is 149 Å². The molecule has 4 saturated heterocycles. The van der Waals surface area contributed by atoms with Crippen molar-refractivity contribution in [3.8, 4) is 0 Å². The van der Waals surface area contributed by atoms with Gasteiger partial charge in [0.1, 0.15) is 5.82 Å². The normalized spacial score (nSPS) is 25.4. The molecule has 3 saturated carbocycles. The van der Waals surface area contributed by atoms with Gasteiger partial charge in [-0.2, -0.15) is 0 Å². The first-order chi connectivity index (χ1) is 41.4. The average molecular weight is 1160 g/mol. The van der Waals surface area contributed by atoms with Crippen LogP contribution in [-0.2, 0) is 0 Å². The van der Waals surface area contributed by atoms with Crippen LogP contribution in [0.25, 0.3) is 0 Å². The maximum absolute atomic E-state index is 13.8. The van der Waals surface area contributed by atoms with Gasteiger partial charge in [-0.1, -0.05) is 113 Å². The molecule has 85 heavy (non-hydrogen) atoms. The summed E-state index contributed by atoms with van der Waals surface area (Å²) in [7, 11) is 0. The minimum atomic E-state index is -0.0903. The van der Waals surface area contributed by atoms with Gasteiger partial charge in [0.15, 0.2) is 0 Å². The molecule has 0 bridgehead atoms. The Morgan fingerprint density at radius 1 is 0.388 bits per heavy atom. The largest absolute Gasteiger partial charge is 0.369 e. The fourth-order valence-corrected chi connectivity index (χ4v) is 15.8. The van der Waals surface area contributed by atoms with Gasteiger partial charge < -0.3 is 19.6 Å². The number of allylic oxidation sites excluding steroid dienone is 2. The predicted octanol–water partition coefficient (Wildman–Crippen LogP) is 16.2. The highest BCUT2D eigenvalue weighted by Gasteiger charge is 2.31. The fourth-order valence-electron chi connectivity index (χ4n) is 15.8. The Morgan fingerprint density at radius 2 is 0.788 bits per heavy atom. The van der Waals surface area contributed by atoms with Crippen molar-refractivity contribution in [3.63, 3.8) is 0 Å². The van der Waals surface area contributed by atoms with Crippen LogP contribution >= 0.6 is 0 Å². The Morgan fingerprint density at radius 3 is 1.21 bits per heavy atom. The highest BCUT2D eigenvalue weighted by atomic mass is 19.1. The lowest BCUT2D eigenvalue weighted by Gasteiger charge is -2.43. The second-order valence-electron chi connectivity index (χ2n) is 27.8. The van der Waals surface area contributed by atoms with Crippen molar-refractivity contribution in [2.75, 3.05) is 131 Å². The van der Waals surface area contributed by atoms with Crippen molar-refractivity contribution in [2.24, 2.45) is 17.8 Å². The highest BCUT2D eigenvalue weighted by molar-refractivity contribution is 5.57. The summed E-state index contributed by atoms with van der Waals surface area (Å²) in [5.41, 5.74) is 13.5. The molecular formula is C76H117FN8. The van der Waals surface area contributed by atoms with Gasteiger partial charge in [-0.05, 0) is 206 Å². The molecule has 1 unspecified atom stereocenters. The molecule has 1 atom stereocenters. The van der Waals surface area contributed by atoms with Gasteiger partial charge in [0.2, 0.25) is 0 Å². The predicted molar refractivity (Wildman–Crippen MR) is 364 cm³/mol. The Kier molecular flexibility index (Phi) is 25.4. The zero-order valence-corrected chi connectivity index (χ0v) is 55.0. The van der Waals surface area contributed by atoms with E-state index in [-0.39, 0.29) is 5.82 Å². The van der Waals surface area contributed by atoms with E-state index in [9.17, 15) is 4.39 Å². The highest BCUT2D eigenvalue weighted by Crippen LogP contribution is 2.33. The molecule has 0 radical (unpaired) electrons. The van der Waals surface area contributed by atoms with Crippen molar-refractivity contribution in [3.05, 3.63) is 130 Å². The monoisotopic (exact) mass is 1160 g/mol. The smallest absolute Gasteiger partial charge is 0.146 e. The number of hydrogen-bond donors (Lipinski definition) is 0. The van der Waals surface area contributed by atoms with E-state index in [0.717, 1.165) is 67.7 Å². The first-order valence-electron chi connectivity index (χ1n) is 34.9. The fraction of sp³-hybridized carbons (Fsp3) is 0.658. The molecule has 0 N–H and O–H groups in total. The number of nitrogens with zero attached hydrogens (tertiary/aromatic N) is 8. The Labute approximate surface area is 518 Å². The number of halogens is 1. The molecule has 12 rings (SSSR count). The minimum absolute atomic E-state index is 0.0903. The number of rotatable bonds is 10. The van der Waals surface area contributed by atoms with Crippen molar-refractivity contribution >= 4 is 22.7 Å². The van der Waals surface area contributed by atoms with Gasteiger partial charge in [0.05, 0.1) is 5.69 Å². The molecule has 468 valence electrons. The first-order valence-corrected chi connectivity index (χ1v) is 34.9. The maximum atomic E-state index is 13.8. The van der Waals surface area contributed by atoms with E-state index in [1.54, 1.807) is 12.1 Å². The van der Waals surface area contributed by atoms with Crippen molar-refractivity contribution in [1.82, 2.24) is 19.6 Å².